The number of carbonyl (C=O) groups is 2. The van der Waals surface area contributed by atoms with E-state index in [4.69, 9.17) is 21.1 Å². The Bertz CT molecular complexity index is 1160. The van der Waals surface area contributed by atoms with E-state index in [1.165, 1.54) is 19.1 Å². The summed E-state index contributed by atoms with van der Waals surface area (Å²) in [6, 6.07) is 7.03. The van der Waals surface area contributed by atoms with Crippen molar-refractivity contribution in [3.8, 4) is 17.2 Å². The molecule has 33 heavy (non-hydrogen) atoms. The number of alkyl halides is 3. The summed E-state index contributed by atoms with van der Waals surface area (Å²) in [6.07, 6.45) is -4.18. The first kappa shape index (κ1) is 24.1. The van der Waals surface area contributed by atoms with Gasteiger partial charge in [0.05, 0.1) is 10.7 Å². The van der Waals surface area contributed by atoms with Crippen LogP contribution in [0.3, 0.4) is 0 Å². The molecule has 3 rings (SSSR count). The highest BCUT2D eigenvalue weighted by Crippen LogP contribution is 2.41. The largest absolute Gasteiger partial charge is 0.482 e. The first-order valence-electron chi connectivity index (χ1n) is 9.34. The highest BCUT2D eigenvalue weighted by molar-refractivity contribution is 6.32. The van der Waals surface area contributed by atoms with Gasteiger partial charge >= 0.3 is 12.2 Å². The summed E-state index contributed by atoms with van der Waals surface area (Å²) < 4.78 is 65.4. The van der Waals surface area contributed by atoms with Gasteiger partial charge in [-0.2, -0.15) is 13.2 Å². The quantitative estimate of drug-likeness (QED) is 0.467. The molecule has 0 radical (unpaired) electrons. The zero-order valence-electron chi connectivity index (χ0n) is 17.4. The van der Waals surface area contributed by atoms with Gasteiger partial charge < -0.3 is 9.47 Å². The number of carbonyl (C=O) groups excluding carboxylic acids is 2. The van der Waals surface area contributed by atoms with Gasteiger partial charge in [-0.1, -0.05) is 30.3 Å². The van der Waals surface area contributed by atoms with Gasteiger partial charge in [-0.3, -0.25) is 14.6 Å². The van der Waals surface area contributed by atoms with Crippen LogP contribution >= 0.6 is 11.6 Å². The minimum Gasteiger partial charge on any atom is -0.482 e. The number of allylic oxidation sites excluding steroid dienone is 2. The van der Waals surface area contributed by atoms with E-state index in [0.717, 1.165) is 19.2 Å². The molecule has 0 N–H and O–H groups in total. The number of ether oxygens (including phenoxy) is 2. The summed E-state index contributed by atoms with van der Waals surface area (Å²) in [5.41, 5.74) is -2.06. The van der Waals surface area contributed by atoms with E-state index < -0.39 is 35.1 Å². The molecule has 0 saturated heterocycles. The molecule has 0 aliphatic carbocycles. The van der Waals surface area contributed by atoms with Crippen molar-refractivity contribution in [2.45, 2.75) is 13.1 Å². The predicted octanol–water partition coefficient (Wildman–Crippen LogP) is 6.07. The summed E-state index contributed by atoms with van der Waals surface area (Å²) >= 11 is 6.10. The Morgan fingerprint density at radius 1 is 1.15 bits per heavy atom. The van der Waals surface area contributed by atoms with E-state index in [-0.39, 0.29) is 34.7 Å². The summed E-state index contributed by atoms with van der Waals surface area (Å²) in [4.78, 5) is 24.9. The minimum atomic E-state index is -4.81. The number of halogens is 5. The number of hydrogen-bond donors (Lipinski definition) is 0. The van der Waals surface area contributed by atoms with Crippen LogP contribution in [0.1, 0.15) is 6.92 Å². The lowest BCUT2D eigenvalue weighted by Crippen LogP contribution is -2.46. The van der Waals surface area contributed by atoms with E-state index in [0.29, 0.717) is 15.9 Å². The summed E-state index contributed by atoms with van der Waals surface area (Å²) in [5.74, 6) is -0.991. The monoisotopic (exact) mass is 484 g/mol. The number of para-hydroxylation sites is 2. The molecule has 0 aromatic heterocycles. The average Bonchev–Trinajstić information content (AvgIpc) is 2.72. The van der Waals surface area contributed by atoms with E-state index in [2.05, 4.69) is 6.58 Å². The van der Waals surface area contributed by atoms with Crippen molar-refractivity contribution in [2.24, 2.45) is 0 Å². The summed E-state index contributed by atoms with van der Waals surface area (Å²) in [6.45, 7) is 4.58. The zero-order valence-corrected chi connectivity index (χ0v) is 18.1. The molecule has 2 amide bonds. The zero-order chi connectivity index (χ0) is 24.5. The molecule has 0 spiro atoms. The lowest BCUT2D eigenvalue weighted by Gasteiger charge is -2.35. The number of ketones is 1. The lowest BCUT2D eigenvalue weighted by molar-refractivity contribution is -0.118. The SMILES string of the molecule is C=C1C=C(C(F)(F)F)N(C)C(=O)N1c1cc(Oc2ccccc2OCC(C)=O)c(Cl)cc1F. The molecular formula is C22H17ClF4N2O4. The maximum Gasteiger partial charge on any atom is 0.431 e. The third-order valence-corrected chi connectivity index (χ3v) is 4.76. The van der Waals surface area contributed by atoms with Gasteiger partial charge in [0.15, 0.2) is 17.3 Å². The fourth-order valence-corrected chi connectivity index (χ4v) is 3.13. The maximum absolute atomic E-state index is 14.7. The molecule has 0 fully saturated rings. The van der Waals surface area contributed by atoms with E-state index in [9.17, 15) is 27.2 Å². The second-order valence-corrected chi connectivity index (χ2v) is 7.38. The van der Waals surface area contributed by atoms with Crippen molar-refractivity contribution in [3.63, 3.8) is 0 Å². The molecule has 0 unspecified atom stereocenters. The highest BCUT2D eigenvalue weighted by Gasteiger charge is 2.43. The Morgan fingerprint density at radius 2 is 1.79 bits per heavy atom. The number of rotatable bonds is 6. The third kappa shape index (κ3) is 5.11. The van der Waals surface area contributed by atoms with Gasteiger partial charge in [-0.15, -0.1) is 0 Å². The molecule has 6 nitrogen and oxygen atoms in total. The van der Waals surface area contributed by atoms with Crippen molar-refractivity contribution < 1.29 is 36.6 Å². The van der Waals surface area contributed by atoms with Crippen LogP contribution < -0.4 is 14.4 Å². The fourth-order valence-electron chi connectivity index (χ4n) is 2.94. The normalized spacial score (nSPS) is 14.3. The number of hydrogen-bond acceptors (Lipinski definition) is 4. The van der Waals surface area contributed by atoms with Crippen LogP contribution in [0.15, 0.2) is 60.4 Å². The van der Waals surface area contributed by atoms with E-state index in [1.54, 1.807) is 12.1 Å². The first-order valence-corrected chi connectivity index (χ1v) is 9.71. The van der Waals surface area contributed by atoms with Gasteiger partial charge in [0.2, 0.25) is 0 Å². The molecule has 1 aliphatic rings. The molecule has 0 atom stereocenters. The van der Waals surface area contributed by atoms with Crippen molar-refractivity contribution in [2.75, 3.05) is 18.6 Å². The Kier molecular flexibility index (Phi) is 6.68. The standard InChI is InChI=1S/C22H17ClF4N2O4/c1-12-8-20(22(25,26)27)28(3)21(31)29(12)16-10-19(14(23)9-15(16)24)33-18-7-5-4-6-17(18)32-11-13(2)30/h4-10H,1,11H2,2-3H3. The van der Waals surface area contributed by atoms with Crippen LogP contribution in [-0.4, -0.2) is 36.5 Å². The number of anilines is 1. The highest BCUT2D eigenvalue weighted by atomic mass is 35.5. The van der Waals surface area contributed by atoms with Crippen LogP contribution in [0.4, 0.5) is 28.0 Å². The van der Waals surface area contributed by atoms with E-state index in [1.807, 2.05) is 0 Å². The van der Waals surface area contributed by atoms with Crippen LogP contribution in [0.5, 0.6) is 17.2 Å². The molecule has 0 bridgehead atoms. The Morgan fingerprint density at radius 3 is 2.39 bits per heavy atom. The van der Waals surface area contributed by atoms with E-state index >= 15 is 0 Å². The van der Waals surface area contributed by atoms with Crippen molar-refractivity contribution >= 4 is 29.1 Å². The first-order chi connectivity index (χ1) is 15.4. The number of urea groups is 1. The second-order valence-electron chi connectivity index (χ2n) is 6.97. The van der Waals surface area contributed by atoms with Crippen LogP contribution in [0.25, 0.3) is 0 Å². The van der Waals surface area contributed by atoms with Gasteiger partial charge in [-0.05, 0) is 31.2 Å². The topological polar surface area (TPSA) is 59.1 Å². The fraction of sp³-hybridized carbons (Fsp3) is 0.182. The molecule has 2 aromatic carbocycles. The number of nitrogens with zero attached hydrogens (tertiary/aromatic N) is 2. The maximum atomic E-state index is 14.7. The number of amides is 2. The average molecular weight is 485 g/mol. The molecule has 2 aromatic rings. The molecule has 1 heterocycles. The van der Waals surface area contributed by atoms with Gasteiger partial charge in [0.25, 0.3) is 0 Å². The Labute approximate surface area is 191 Å². The van der Waals surface area contributed by atoms with Crippen molar-refractivity contribution in [1.29, 1.82) is 0 Å². The van der Waals surface area contributed by atoms with Crippen molar-refractivity contribution in [1.82, 2.24) is 4.90 Å². The van der Waals surface area contributed by atoms with Crippen molar-refractivity contribution in [3.05, 3.63) is 71.3 Å². The minimum absolute atomic E-state index is 0.110. The molecular weight excluding hydrogens is 468 g/mol. The van der Waals surface area contributed by atoms with Crippen LogP contribution in [-0.2, 0) is 4.79 Å². The number of benzene rings is 2. The molecule has 1 aliphatic heterocycles. The molecule has 174 valence electrons. The summed E-state index contributed by atoms with van der Waals surface area (Å²) in [5, 5.41) is -0.174. The molecule has 0 saturated carbocycles. The lowest BCUT2D eigenvalue weighted by atomic mass is 10.2. The van der Waals surface area contributed by atoms with Gasteiger partial charge in [-0.25, -0.2) is 9.18 Å². The third-order valence-electron chi connectivity index (χ3n) is 4.46. The smallest absolute Gasteiger partial charge is 0.431 e. The number of Topliss-reactive ketones (excluding diaryl/α,β-unsaturated/α-hetero) is 1. The molecule has 11 heteroatoms. The summed E-state index contributed by atoms with van der Waals surface area (Å²) in [7, 11) is 0.912. The Balaban J connectivity index is 2.00. The second kappa shape index (κ2) is 9.14. The van der Waals surface area contributed by atoms with Crippen LogP contribution in [0, 0.1) is 5.82 Å². The Hall–Kier alpha value is -3.53. The van der Waals surface area contributed by atoms with Gasteiger partial charge in [0, 0.05) is 18.8 Å². The predicted molar refractivity (Wildman–Crippen MR) is 113 cm³/mol. The van der Waals surface area contributed by atoms with Crippen LogP contribution in [0.2, 0.25) is 5.02 Å². The van der Waals surface area contributed by atoms with Gasteiger partial charge in [0.1, 0.15) is 23.9 Å².